The molecule has 1 aliphatic carbocycles. The zero-order valence-electron chi connectivity index (χ0n) is 11.1. The van der Waals surface area contributed by atoms with E-state index in [2.05, 4.69) is 5.16 Å². The van der Waals surface area contributed by atoms with Crippen LogP contribution in [0.25, 0.3) is 10.9 Å². The average Bonchev–Trinajstić information content (AvgIpc) is 2.98. The van der Waals surface area contributed by atoms with Crippen LogP contribution in [0.15, 0.2) is 40.5 Å². The number of para-hydroxylation sites is 1. The minimum atomic E-state index is 0.128. The number of benzene rings is 1. The Kier molecular flexibility index (Phi) is 3.78. The number of hydrogen-bond acceptors (Lipinski definition) is 4. The summed E-state index contributed by atoms with van der Waals surface area (Å²) >= 11 is 1.75. The third kappa shape index (κ3) is 2.58. The molecule has 1 aromatic carbocycles. The molecule has 1 aliphatic rings. The van der Waals surface area contributed by atoms with Crippen LogP contribution in [-0.4, -0.2) is 21.3 Å². The van der Waals surface area contributed by atoms with E-state index in [0.717, 1.165) is 21.5 Å². The summed E-state index contributed by atoms with van der Waals surface area (Å²) in [6.45, 7) is 0. The minimum Gasteiger partial charge on any atom is -0.409 e. The monoisotopic (exact) mass is 287 g/mol. The van der Waals surface area contributed by atoms with E-state index in [-0.39, 0.29) is 5.84 Å². The molecule has 0 aliphatic heterocycles. The van der Waals surface area contributed by atoms with Crippen LogP contribution in [-0.2, 0) is 0 Å². The summed E-state index contributed by atoms with van der Waals surface area (Å²) in [6.07, 6.45) is 5.00. The van der Waals surface area contributed by atoms with Crippen molar-refractivity contribution in [3.05, 3.63) is 35.9 Å². The van der Waals surface area contributed by atoms with Gasteiger partial charge in [0.2, 0.25) is 0 Å². The maximum Gasteiger partial charge on any atom is 0.172 e. The van der Waals surface area contributed by atoms with Crippen LogP contribution in [0.2, 0.25) is 0 Å². The van der Waals surface area contributed by atoms with Gasteiger partial charge in [0, 0.05) is 10.6 Å². The molecule has 1 aromatic heterocycles. The lowest BCUT2D eigenvalue weighted by atomic mass is 10.1. The van der Waals surface area contributed by atoms with E-state index in [1.54, 1.807) is 11.8 Å². The molecule has 2 aromatic rings. The number of thioether (sulfide) groups is 1. The number of rotatable bonds is 3. The normalized spacial score (nSPS) is 16.9. The number of hydrogen-bond donors (Lipinski definition) is 2. The third-order valence-electron chi connectivity index (χ3n) is 3.65. The fourth-order valence-corrected chi connectivity index (χ4v) is 3.92. The first-order valence-corrected chi connectivity index (χ1v) is 7.70. The number of fused-ring (bicyclic) bond motifs is 1. The van der Waals surface area contributed by atoms with Crippen molar-refractivity contribution in [2.24, 2.45) is 10.9 Å². The number of amidine groups is 1. The molecule has 0 saturated heterocycles. The maximum atomic E-state index is 8.97. The van der Waals surface area contributed by atoms with Gasteiger partial charge in [-0.3, -0.25) is 0 Å². The van der Waals surface area contributed by atoms with Gasteiger partial charge in [-0.1, -0.05) is 36.2 Å². The van der Waals surface area contributed by atoms with Gasteiger partial charge < -0.3 is 10.9 Å². The molecule has 0 bridgehead atoms. The van der Waals surface area contributed by atoms with Gasteiger partial charge in [0.05, 0.1) is 11.1 Å². The minimum absolute atomic E-state index is 0.128. The lowest BCUT2D eigenvalue weighted by molar-refractivity contribution is 0.318. The number of pyridine rings is 1. The van der Waals surface area contributed by atoms with Gasteiger partial charge in [-0.05, 0) is 25.0 Å². The fourth-order valence-electron chi connectivity index (χ4n) is 2.59. The standard InChI is InChI=1S/C15H17N3OS/c16-14(18-19)12-9-10-5-1-4-8-13(10)17-15(12)20-11-6-2-3-7-11/h1,4-5,8-9,11,19H,2-3,6-7H2,(H2,16,18). The smallest absolute Gasteiger partial charge is 0.172 e. The molecular weight excluding hydrogens is 270 g/mol. The largest absolute Gasteiger partial charge is 0.409 e. The summed E-state index contributed by atoms with van der Waals surface area (Å²) in [6, 6.07) is 9.87. The van der Waals surface area contributed by atoms with Gasteiger partial charge in [0.15, 0.2) is 5.84 Å². The molecule has 5 heteroatoms. The second-order valence-electron chi connectivity index (χ2n) is 5.04. The average molecular weight is 287 g/mol. The third-order valence-corrected chi connectivity index (χ3v) is 4.99. The predicted molar refractivity (Wildman–Crippen MR) is 82.4 cm³/mol. The highest BCUT2D eigenvalue weighted by molar-refractivity contribution is 8.00. The summed E-state index contributed by atoms with van der Waals surface area (Å²) in [5.41, 5.74) is 7.48. The molecular formula is C15H17N3OS. The molecule has 0 atom stereocenters. The van der Waals surface area contributed by atoms with Crippen molar-refractivity contribution in [3.8, 4) is 0 Å². The maximum absolute atomic E-state index is 8.97. The van der Waals surface area contributed by atoms with Crippen LogP contribution in [0.3, 0.4) is 0 Å². The molecule has 3 rings (SSSR count). The Morgan fingerprint density at radius 3 is 2.80 bits per heavy atom. The Balaban J connectivity index is 2.06. The summed E-state index contributed by atoms with van der Waals surface area (Å²) in [5, 5.41) is 14.6. The molecule has 1 heterocycles. The van der Waals surface area contributed by atoms with Gasteiger partial charge in [-0.15, -0.1) is 11.8 Å². The van der Waals surface area contributed by atoms with Crippen LogP contribution in [0, 0.1) is 0 Å². The Labute approximate surface area is 122 Å². The molecule has 0 radical (unpaired) electrons. The SMILES string of the molecule is NC(=NO)c1cc2ccccc2nc1SC1CCCC1. The Morgan fingerprint density at radius 1 is 1.30 bits per heavy atom. The van der Waals surface area contributed by atoms with E-state index in [1.807, 2.05) is 30.3 Å². The lowest BCUT2D eigenvalue weighted by Crippen LogP contribution is -2.15. The van der Waals surface area contributed by atoms with Crippen molar-refractivity contribution in [1.82, 2.24) is 4.98 Å². The first kappa shape index (κ1) is 13.2. The van der Waals surface area contributed by atoms with Crippen LogP contribution in [0.5, 0.6) is 0 Å². The summed E-state index contributed by atoms with van der Waals surface area (Å²) in [4.78, 5) is 4.70. The van der Waals surface area contributed by atoms with E-state index >= 15 is 0 Å². The van der Waals surface area contributed by atoms with E-state index < -0.39 is 0 Å². The number of oxime groups is 1. The van der Waals surface area contributed by atoms with Crippen LogP contribution in [0.4, 0.5) is 0 Å². The Hall–Kier alpha value is -1.75. The van der Waals surface area contributed by atoms with Gasteiger partial charge in [0.25, 0.3) is 0 Å². The van der Waals surface area contributed by atoms with Crippen molar-refractivity contribution in [2.45, 2.75) is 36.0 Å². The number of nitrogens with zero attached hydrogens (tertiary/aromatic N) is 2. The van der Waals surface area contributed by atoms with Crippen LogP contribution >= 0.6 is 11.8 Å². The Bertz CT molecular complexity index is 651. The predicted octanol–water partition coefficient (Wildman–Crippen LogP) is 3.36. The zero-order valence-corrected chi connectivity index (χ0v) is 11.9. The molecule has 104 valence electrons. The number of aromatic nitrogens is 1. The molecule has 3 N–H and O–H groups in total. The molecule has 0 spiro atoms. The molecule has 20 heavy (non-hydrogen) atoms. The van der Waals surface area contributed by atoms with E-state index in [9.17, 15) is 0 Å². The lowest BCUT2D eigenvalue weighted by Gasteiger charge is -2.12. The molecule has 0 amide bonds. The van der Waals surface area contributed by atoms with Crippen molar-refractivity contribution < 1.29 is 5.21 Å². The molecule has 4 nitrogen and oxygen atoms in total. The van der Waals surface area contributed by atoms with Crippen LogP contribution < -0.4 is 5.73 Å². The van der Waals surface area contributed by atoms with Crippen molar-refractivity contribution >= 4 is 28.5 Å². The van der Waals surface area contributed by atoms with Crippen molar-refractivity contribution in [3.63, 3.8) is 0 Å². The first-order valence-electron chi connectivity index (χ1n) is 6.82. The second-order valence-corrected chi connectivity index (χ2v) is 6.33. The van der Waals surface area contributed by atoms with E-state index in [4.69, 9.17) is 15.9 Å². The van der Waals surface area contributed by atoms with E-state index in [0.29, 0.717) is 5.25 Å². The van der Waals surface area contributed by atoms with Gasteiger partial charge in [-0.2, -0.15) is 0 Å². The summed E-state index contributed by atoms with van der Waals surface area (Å²) in [5.74, 6) is 0.128. The highest BCUT2D eigenvalue weighted by Gasteiger charge is 2.20. The van der Waals surface area contributed by atoms with Gasteiger partial charge in [0.1, 0.15) is 5.03 Å². The topological polar surface area (TPSA) is 71.5 Å². The Morgan fingerprint density at radius 2 is 2.05 bits per heavy atom. The second kappa shape index (κ2) is 5.71. The molecule has 1 fully saturated rings. The van der Waals surface area contributed by atoms with E-state index in [1.165, 1.54) is 25.7 Å². The van der Waals surface area contributed by atoms with Crippen molar-refractivity contribution in [1.29, 1.82) is 0 Å². The van der Waals surface area contributed by atoms with Gasteiger partial charge >= 0.3 is 0 Å². The summed E-state index contributed by atoms with van der Waals surface area (Å²) < 4.78 is 0. The number of nitrogens with two attached hydrogens (primary N) is 1. The van der Waals surface area contributed by atoms with Crippen molar-refractivity contribution in [2.75, 3.05) is 0 Å². The van der Waals surface area contributed by atoms with Crippen LogP contribution in [0.1, 0.15) is 31.2 Å². The molecule has 0 unspecified atom stereocenters. The summed E-state index contributed by atoms with van der Waals surface area (Å²) in [7, 11) is 0. The zero-order chi connectivity index (χ0) is 13.9. The highest BCUT2D eigenvalue weighted by atomic mass is 32.2. The van der Waals surface area contributed by atoms with Gasteiger partial charge in [-0.25, -0.2) is 4.98 Å². The molecule has 1 saturated carbocycles. The fraction of sp³-hybridized carbons (Fsp3) is 0.333. The first-order chi connectivity index (χ1) is 9.78. The quantitative estimate of drug-likeness (QED) is 0.393. The highest BCUT2D eigenvalue weighted by Crippen LogP contribution is 2.36.